The maximum atomic E-state index is 13.2. The fourth-order valence-corrected chi connectivity index (χ4v) is 4.17. The monoisotopic (exact) mass is 370 g/mol. The van der Waals surface area contributed by atoms with E-state index in [4.69, 9.17) is 0 Å². The van der Waals surface area contributed by atoms with Gasteiger partial charge in [0.2, 0.25) is 5.95 Å². The van der Waals surface area contributed by atoms with E-state index in [2.05, 4.69) is 15.1 Å². The van der Waals surface area contributed by atoms with Crippen molar-refractivity contribution < 1.29 is 4.79 Å². The lowest BCUT2D eigenvalue weighted by Gasteiger charge is -2.19. The molecule has 1 N–H and O–H groups in total. The topological polar surface area (TPSA) is 87.1 Å². The molecule has 0 spiro atoms. The van der Waals surface area contributed by atoms with Gasteiger partial charge in [-0.15, -0.1) is 0 Å². The third kappa shape index (κ3) is 3.24. The summed E-state index contributed by atoms with van der Waals surface area (Å²) in [5, 5.41) is 4.57. The van der Waals surface area contributed by atoms with Crippen molar-refractivity contribution in [3.8, 4) is 0 Å². The number of hydrogen-bond donors (Lipinski definition) is 1. The van der Waals surface area contributed by atoms with Gasteiger partial charge in [-0.1, -0.05) is 0 Å². The average Bonchev–Trinajstić information content (AvgIpc) is 3.24. The Morgan fingerprint density at radius 2 is 2.07 bits per heavy atom. The van der Waals surface area contributed by atoms with Crippen molar-refractivity contribution in [1.29, 1.82) is 0 Å². The summed E-state index contributed by atoms with van der Waals surface area (Å²) in [6.07, 6.45) is 4.97. The lowest BCUT2D eigenvalue weighted by Crippen LogP contribution is -2.31. The Kier molecular flexibility index (Phi) is 4.49. The van der Waals surface area contributed by atoms with Crippen LogP contribution in [0, 0.1) is 0 Å². The molecule has 8 heteroatoms. The number of nitrogens with one attached hydrogen (secondary N) is 1. The third-order valence-electron chi connectivity index (χ3n) is 5.59. The first kappa shape index (κ1) is 17.8. The molecule has 0 bridgehead atoms. The predicted molar refractivity (Wildman–Crippen MR) is 102 cm³/mol. The highest BCUT2D eigenvalue weighted by Gasteiger charge is 2.33. The van der Waals surface area contributed by atoms with Crippen molar-refractivity contribution in [2.75, 3.05) is 32.1 Å². The van der Waals surface area contributed by atoms with E-state index < -0.39 is 0 Å². The van der Waals surface area contributed by atoms with Crippen molar-refractivity contribution >= 4 is 11.9 Å². The number of carbonyl (C=O) groups is 1. The molecular formula is C19H26N6O2. The summed E-state index contributed by atoms with van der Waals surface area (Å²) in [6, 6.07) is 1.55. The molecule has 1 amide bonds. The Balaban J connectivity index is 1.56. The molecule has 1 atom stereocenters. The maximum absolute atomic E-state index is 13.2. The summed E-state index contributed by atoms with van der Waals surface area (Å²) in [5.74, 6) is 0.676. The molecular weight excluding hydrogens is 344 g/mol. The number of anilines is 1. The van der Waals surface area contributed by atoms with Gasteiger partial charge in [-0.2, -0.15) is 5.10 Å². The summed E-state index contributed by atoms with van der Waals surface area (Å²) in [5.41, 5.74) is 3.54. The van der Waals surface area contributed by atoms with E-state index in [1.807, 2.05) is 26.0 Å². The number of aromatic amines is 1. The van der Waals surface area contributed by atoms with Crippen molar-refractivity contribution in [3.63, 3.8) is 0 Å². The number of fused-ring (bicyclic) bond motifs is 1. The normalized spacial score (nSPS) is 19.2. The Morgan fingerprint density at radius 1 is 1.30 bits per heavy atom. The van der Waals surface area contributed by atoms with Crippen molar-refractivity contribution in [3.05, 3.63) is 39.1 Å². The van der Waals surface area contributed by atoms with Crippen molar-refractivity contribution in [1.82, 2.24) is 24.6 Å². The van der Waals surface area contributed by atoms with Crippen LogP contribution in [0.2, 0.25) is 0 Å². The highest BCUT2D eigenvalue weighted by molar-refractivity contribution is 5.94. The van der Waals surface area contributed by atoms with Crippen LogP contribution in [-0.4, -0.2) is 57.7 Å². The summed E-state index contributed by atoms with van der Waals surface area (Å²) in [7, 11) is 5.55. The molecule has 2 aliphatic rings. The van der Waals surface area contributed by atoms with Gasteiger partial charge >= 0.3 is 0 Å². The van der Waals surface area contributed by atoms with E-state index >= 15 is 0 Å². The van der Waals surface area contributed by atoms with E-state index in [9.17, 15) is 9.59 Å². The Bertz CT molecular complexity index is 929. The maximum Gasteiger partial charge on any atom is 0.272 e. The molecule has 0 radical (unpaired) electrons. The number of hydrogen-bond acceptors (Lipinski definition) is 5. The minimum Gasteiger partial charge on any atom is -0.348 e. The van der Waals surface area contributed by atoms with Crippen LogP contribution in [0.1, 0.15) is 52.6 Å². The number of aromatic nitrogens is 4. The summed E-state index contributed by atoms with van der Waals surface area (Å²) in [6.45, 7) is 1.26. The standard InChI is InChI=1S/C19H26N6O2/c1-23(2)19-20-15(10-16(26)21-19)12-8-9-25(11-12)18(27)17-13-6-4-5-7-14(13)22-24(17)3/h10,12H,4-9,11H2,1-3H3,(H,20,21,26). The summed E-state index contributed by atoms with van der Waals surface area (Å²) >= 11 is 0. The average molecular weight is 370 g/mol. The number of likely N-dealkylation sites (tertiary alicyclic amines) is 1. The van der Waals surface area contributed by atoms with Crippen LogP contribution >= 0.6 is 0 Å². The zero-order valence-corrected chi connectivity index (χ0v) is 16.2. The number of amides is 1. The second-order valence-electron chi connectivity index (χ2n) is 7.73. The van der Waals surface area contributed by atoms with Crippen molar-refractivity contribution in [2.24, 2.45) is 7.05 Å². The smallest absolute Gasteiger partial charge is 0.272 e. The molecule has 8 nitrogen and oxygen atoms in total. The van der Waals surface area contributed by atoms with Gasteiger partial charge in [-0.3, -0.25) is 19.3 Å². The number of carbonyl (C=O) groups excluding carboxylic acids is 1. The first-order valence-electron chi connectivity index (χ1n) is 9.56. The van der Waals surface area contributed by atoms with Gasteiger partial charge in [0.1, 0.15) is 5.69 Å². The molecule has 4 rings (SSSR count). The lowest BCUT2D eigenvalue weighted by molar-refractivity contribution is 0.0778. The highest BCUT2D eigenvalue weighted by Crippen LogP contribution is 2.29. The second kappa shape index (κ2) is 6.83. The number of nitrogens with zero attached hydrogens (tertiary/aromatic N) is 5. The fourth-order valence-electron chi connectivity index (χ4n) is 4.17. The first-order chi connectivity index (χ1) is 12.9. The van der Waals surface area contributed by atoms with Gasteiger partial charge < -0.3 is 9.80 Å². The number of aryl methyl sites for hydroxylation is 2. The van der Waals surface area contributed by atoms with E-state index in [0.717, 1.165) is 54.7 Å². The molecule has 1 aliphatic carbocycles. The Morgan fingerprint density at radius 3 is 2.85 bits per heavy atom. The van der Waals surface area contributed by atoms with Gasteiger partial charge in [0.05, 0.1) is 11.4 Å². The van der Waals surface area contributed by atoms with Gasteiger partial charge in [-0.25, -0.2) is 4.98 Å². The molecule has 3 heterocycles. The largest absolute Gasteiger partial charge is 0.348 e. The van der Waals surface area contributed by atoms with Crippen LogP contribution in [0.5, 0.6) is 0 Å². The van der Waals surface area contributed by atoms with Crippen LogP contribution in [0.15, 0.2) is 10.9 Å². The van der Waals surface area contributed by atoms with Gasteiger partial charge in [0, 0.05) is 51.8 Å². The van der Waals surface area contributed by atoms with E-state index in [0.29, 0.717) is 19.0 Å². The first-order valence-corrected chi connectivity index (χ1v) is 9.56. The number of rotatable bonds is 3. The minimum absolute atomic E-state index is 0.0494. The summed E-state index contributed by atoms with van der Waals surface area (Å²) in [4.78, 5) is 36.1. The van der Waals surface area contributed by atoms with Crippen LogP contribution in [0.25, 0.3) is 0 Å². The zero-order valence-electron chi connectivity index (χ0n) is 16.2. The minimum atomic E-state index is -0.158. The van der Waals surface area contributed by atoms with Crippen LogP contribution in [0.3, 0.4) is 0 Å². The van der Waals surface area contributed by atoms with E-state index in [-0.39, 0.29) is 17.4 Å². The molecule has 0 aromatic carbocycles. The predicted octanol–water partition coefficient (Wildman–Crippen LogP) is 1.08. The molecule has 1 aliphatic heterocycles. The van der Waals surface area contributed by atoms with Gasteiger partial charge in [-0.05, 0) is 32.1 Å². The van der Waals surface area contributed by atoms with Crippen LogP contribution in [0.4, 0.5) is 5.95 Å². The highest BCUT2D eigenvalue weighted by atomic mass is 16.2. The third-order valence-corrected chi connectivity index (χ3v) is 5.59. The molecule has 27 heavy (non-hydrogen) atoms. The molecule has 1 unspecified atom stereocenters. The molecule has 1 saturated heterocycles. The van der Waals surface area contributed by atoms with E-state index in [1.54, 1.807) is 15.6 Å². The Labute approximate surface area is 158 Å². The number of H-pyrrole nitrogens is 1. The molecule has 144 valence electrons. The molecule has 2 aromatic heterocycles. The quantitative estimate of drug-likeness (QED) is 0.874. The van der Waals surface area contributed by atoms with Gasteiger partial charge in [0.25, 0.3) is 11.5 Å². The fraction of sp³-hybridized carbons (Fsp3) is 0.579. The lowest BCUT2D eigenvalue weighted by atomic mass is 9.95. The Hall–Kier alpha value is -2.64. The van der Waals surface area contributed by atoms with Crippen LogP contribution < -0.4 is 10.5 Å². The van der Waals surface area contributed by atoms with Crippen LogP contribution in [-0.2, 0) is 19.9 Å². The molecule has 2 aromatic rings. The zero-order chi connectivity index (χ0) is 19.1. The molecule has 0 saturated carbocycles. The molecule has 1 fully saturated rings. The van der Waals surface area contributed by atoms with Crippen molar-refractivity contribution in [2.45, 2.75) is 38.0 Å². The SMILES string of the molecule is CN(C)c1nc(C2CCN(C(=O)c3c4c(nn3C)CCCC4)C2)cc(=O)[nH]1. The summed E-state index contributed by atoms with van der Waals surface area (Å²) < 4.78 is 1.75. The van der Waals surface area contributed by atoms with Gasteiger partial charge in [0.15, 0.2) is 0 Å². The second-order valence-corrected chi connectivity index (χ2v) is 7.73. The van der Waals surface area contributed by atoms with E-state index in [1.165, 1.54) is 0 Å².